The van der Waals surface area contributed by atoms with Crippen molar-refractivity contribution in [2.45, 2.75) is 180 Å². The van der Waals surface area contributed by atoms with Gasteiger partial charge in [-0.3, -0.25) is 0 Å². The summed E-state index contributed by atoms with van der Waals surface area (Å²) in [5.41, 5.74) is 24.5. The lowest BCUT2D eigenvalue weighted by Crippen LogP contribution is -2.61. The Balaban J connectivity index is 1.12. The molecule has 0 spiro atoms. The van der Waals surface area contributed by atoms with Crippen LogP contribution < -0.4 is 20.8 Å². The van der Waals surface area contributed by atoms with E-state index in [0.717, 1.165) is 122 Å². The van der Waals surface area contributed by atoms with Crippen molar-refractivity contribution in [1.82, 2.24) is 0 Å². The number of rotatable bonds is 2. The molecule has 3 aromatic heterocycles. The van der Waals surface area contributed by atoms with Crippen LogP contribution in [-0.4, -0.2) is 6.85 Å². The lowest BCUT2D eigenvalue weighted by Gasteiger charge is -2.45. The second-order valence-corrected chi connectivity index (χ2v) is 29.7. The fraction of sp³-hybridized carbons (Fsp3) is 0.389. The van der Waals surface area contributed by atoms with Crippen LogP contribution in [0.15, 0.2) is 122 Å². The number of fused-ring (bicyclic) bond motifs is 16. The van der Waals surface area contributed by atoms with Gasteiger partial charge in [0.25, 0.3) is 0 Å². The van der Waals surface area contributed by atoms with E-state index < -0.39 is 0 Å². The van der Waals surface area contributed by atoms with Crippen LogP contribution in [0.1, 0.15) is 181 Å². The molecule has 0 unspecified atom stereocenters. The number of hydrogen-bond acceptors (Lipinski definition) is 5. The van der Waals surface area contributed by atoms with Gasteiger partial charge in [-0.1, -0.05) is 140 Å². The monoisotopic (exact) mass is 1030 g/mol. The van der Waals surface area contributed by atoms with Gasteiger partial charge < -0.3 is 23.0 Å². The summed E-state index contributed by atoms with van der Waals surface area (Å²) in [6.07, 6.45) is 6.82. The highest BCUT2D eigenvalue weighted by Crippen LogP contribution is 2.57. The summed E-state index contributed by atoms with van der Waals surface area (Å²) < 4.78 is 22.4. The molecule has 10 aromatic rings. The van der Waals surface area contributed by atoms with E-state index in [4.69, 9.17) is 13.3 Å². The van der Waals surface area contributed by atoms with Crippen LogP contribution in [0, 0.1) is 0 Å². The van der Waals surface area contributed by atoms with Crippen molar-refractivity contribution in [3.63, 3.8) is 0 Å². The van der Waals surface area contributed by atoms with Crippen LogP contribution in [0.3, 0.4) is 0 Å². The molecule has 5 aliphatic rings. The van der Waals surface area contributed by atoms with Crippen molar-refractivity contribution in [2.75, 3.05) is 9.71 Å². The summed E-state index contributed by atoms with van der Waals surface area (Å²) in [5, 5.41) is 5.70. The molecular formula is C72H75BN2O3. The third-order valence-electron chi connectivity index (χ3n) is 20.8. The maximum atomic E-state index is 7.82. The van der Waals surface area contributed by atoms with Gasteiger partial charge in [0.2, 0.25) is 0 Å². The van der Waals surface area contributed by atoms with Gasteiger partial charge >= 0.3 is 6.85 Å². The Hall–Kier alpha value is -6.66. The van der Waals surface area contributed by atoms with Gasteiger partial charge in [-0.05, 0) is 193 Å². The van der Waals surface area contributed by atoms with E-state index in [1.54, 1.807) is 0 Å². The van der Waals surface area contributed by atoms with Gasteiger partial charge in [-0.15, -0.1) is 0 Å². The molecule has 0 radical (unpaired) electrons. The van der Waals surface area contributed by atoms with Gasteiger partial charge in [0, 0.05) is 55.6 Å². The zero-order chi connectivity index (χ0) is 54.3. The predicted molar refractivity (Wildman–Crippen MR) is 329 cm³/mol. The molecule has 15 rings (SSSR count). The van der Waals surface area contributed by atoms with Crippen LogP contribution in [0.25, 0.3) is 66.0 Å². The molecule has 0 saturated carbocycles. The highest BCUT2D eigenvalue weighted by molar-refractivity contribution is 6.93. The Labute approximate surface area is 461 Å². The normalized spacial score (nSPS) is 20.0. The van der Waals surface area contributed by atoms with Crippen LogP contribution >= 0.6 is 0 Å². The van der Waals surface area contributed by atoms with E-state index in [9.17, 15) is 0 Å². The Bertz CT molecular complexity index is 4270. The molecule has 5 nitrogen and oxygen atoms in total. The molecule has 0 atom stereocenters. The SMILES string of the molecule is CC(C)(C)c1ccc(N2B3c4oc5cc6c(cc5c4N(c4ccc5c(c4)C(C)(C)CCC5(C)C)c4c3c(cc3c4oc4ccccc43)-c3cc4c(cc32)oc2cc3c(cc24)C(C)(C)CCC3(C)C)C(C)(C)CCC6(C)C)cc1. The molecule has 2 aliphatic heterocycles. The molecular weight excluding hydrogens is 952 g/mol. The standard InChI is InChI=1S/C72H75BN2O3/c1-66(2,3)40-20-22-41(23-21-40)75-56-39-60-45(46-35-52-54(37-58(46)76-60)71(12,13)30-28-69(52,8)9)33-44(56)47-34-48-43-18-16-17-19-57(43)77-64(48)63-61(47)73(75)65-62(49-36-53-55(38-59(49)78-65)72(14,15)31-29-70(53,10)11)74(63)42-24-25-50-51(32-42)68(6,7)27-26-67(50,4)5/h16-25,32-39H,26-31H2,1-15H3. The van der Waals surface area contributed by atoms with Crippen molar-refractivity contribution >= 4 is 101 Å². The number of benzene rings is 7. The summed E-state index contributed by atoms with van der Waals surface area (Å²) >= 11 is 0. The first-order chi connectivity index (χ1) is 36.7. The quantitative estimate of drug-likeness (QED) is 0.162. The molecule has 3 aliphatic carbocycles. The molecule has 78 heavy (non-hydrogen) atoms. The summed E-state index contributed by atoms with van der Waals surface area (Å²) in [4.78, 5) is 5.19. The molecule has 7 aromatic carbocycles. The first-order valence-corrected chi connectivity index (χ1v) is 29.2. The van der Waals surface area contributed by atoms with E-state index in [-0.39, 0.29) is 44.8 Å². The topological polar surface area (TPSA) is 45.9 Å². The smallest absolute Gasteiger partial charge is 0.376 e. The molecule has 5 heterocycles. The molecule has 0 amide bonds. The number of nitrogens with zero attached hydrogens (tertiary/aromatic N) is 2. The molecule has 6 heteroatoms. The van der Waals surface area contributed by atoms with E-state index in [1.807, 2.05) is 0 Å². The second-order valence-electron chi connectivity index (χ2n) is 29.7. The van der Waals surface area contributed by atoms with Crippen molar-refractivity contribution in [1.29, 1.82) is 0 Å². The third kappa shape index (κ3) is 6.55. The second kappa shape index (κ2) is 15.2. The molecule has 0 fully saturated rings. The lowest BCUT2D eigenvalue weighted by atomic mass is 9.45. The Morgan fingerprint density at radius 2 is 0.910 bits per heavy atom. The highest BCUT2D eigenvalue weighted by atomic mass is 16.3. The van der Waals surface area contributed by atoms with Crippen molar-refractivity contribution in [3.8, 4) is 11.1 Å². The van der Waals surface area contributed by atoms with Gasteiger partial charge in [-0.2, -0.15) is 0 Å². The fourth-order valence-electron chi connectivity index (χ4n) is 15.5. The summed E-state index contributed by atoms with van der Waals surface area (Å²) in [7, 11) is 0. The predicted octanol–water partition coefficient (Wildman–Crippen LogP) is 19.3. The fourth-order valence-corrected chi connectivity index (χ4v) is 15.5. The van der Waals surface area contributed by atoms with Crippen molar-refractivity contribution in [2.24, 2.45) is 0 Å². The van der Waals surface area contributed by atoms with E-state index >= 15 is 0 Å². The minimum atomic E-state index is -0.374. The molecule has 0 N–H and O–H groups in total. The maximum absolute atomic E-state index is 7.82. The van der Waals surface area contributed by atoms with Crippen molar-refractivity contribution in [3.05, 3.63) is 148 Å². The highest BCUT2D eigenvalue weighted by Gasteiger charge is 2.52. The number of hydrogen-bond donors (Lipinski definition) is 0. The Kier molecular flexibility index (Phi) is 9.42. The first-order valence-electron chi connectivity index (χ1n) is 29.2. The number of anilines is 5. The first kappa shape index (κ1) is 48.5. The zero-order valence-corrected chi connectivity index (χ0v) is 48.8. The van der Waals surface area contributed by atoms with Crippen molar-refractivity contribution < 1.29 is 13.3 Å². The molecule has 0 bridgehead atoms. The summed E-state index contributed by atoms with van der Waals surface area (Å²) in [6.45, 7) is 35.7. The van der Waals surface area contributed by atoms with Crippen LogP contribution in [-0.2, 0) is 37.9 Å². The summed E-state index contributed by atoms with van der Waals surface area (Å²) in [5.74, 6) is 0. The van der Waals surface area contributed by atoms with Gasteiger partial charge in [0.1, 0.15) is 28.0 Å². The average Bonchev–Trinajstić information content (AvgIpc) is 3.91. The van der Waals surface area contributed by atoms with Gasteiger partial charge in [0.05, 0.1) is 11.4 Å². The third-order valence-corrected chi connectivity index (χ3v) is 20.8. The molecule has 0 saturated heterocycles. The van der Waals surface area contributed by atoms with Gasteiger partial charge in [-0.25, -0.2) is 0 Å². The lowest BCUT2D eigenvalue weighted by molar-refractivity contribution is 0.332. The van der Waals surface area contributed by atoms with Gasteiger partial charge in [0.15, 0.2) is 5.58 Å². The van der Waals surface area contributed by atoms with E-state index in [1.165, 1.54) is 60.9 Å². The largest absolute Gasteiger partial charge is 0.466 e. The zero-order valence-electron chi connectivity index (χ0n) is 48.8. The number of para-hydroxylation sites is 1. The summed E-state index contributed by atoms with van der Waals surface area (Å²) in [6, 6.07) is 42.6. The van der Waals surface area contributed by atoms with Crippen LogP contribution in [0.2, 0.25) is 0 Å². The van der Waals surface area contributed by atoms with E-state index in [0.29, 0.717) is 0 Å². The average molecular weight is 1030 g/mol. The minimum Gasteiger partial charge on any atom is -0.466 e. The maximum Gasteiger partial charge on any atom is 0.376 e. The van der Waals surface area contributed by atoms with E-state index in [2.05, 4.69) is 223 Å². The number of furan rings is 3. The van der Waals surface area contributed by atoms with Crippen LogP contribution in [0.4, 0.5) is 28.4 Å². The van der Waals surface area contributed by atoms with Crippen LogP contribution in [0.5, 0.6) is 0 Å². The Morgan fingerprint density at radius 3 is 1.53 bits per heavy atom. The Morgan fingerprint density at radius 1 is 0.410 bits per heavy atom. The molecule has 394 valence electrons. The minimum absolute atomic E-state index is 0.00712.